The molecule has 0 bridgehead atoms. The molecule has 0 aliphatic carbocycles. The van der Waals surface area contributed by atoms with Gasteiger partial charge in [-0.05, 0) is 25.1 Å². The number of H-pyrrole nitrogens is 1. The third-order valence-electron chi connectivity index (χ3n) is 6.08. The topological polar surface area (TPSA) is 94.2 Å². The van der Waals surface area contributed by atoms with Crippen LogP contribution < -0.4 is 15.8 Å². The highest BCUT2D eigenvalue weighted by Gasteiger charge is 2.22. The Morgan fingerprint density at radius 1 is 1.15 bits per heavy atom. The van der Waals surface area contributed by atoms with Gasteiger partial charge < -0.3 is 15.2 Å². The van der Waals surface area contributed by atoms with E-state index in [1.54, 1.807) is 25.2 Å². The minimum absolute atomic E-state index is 0.0315. The van der Waals surface area contributed by atoms with E-state index in [0.717, 1.165) is 37.6 Å². The second-order valence-electron chi connectivity index (χ2n) is 8.68. The summed E-state index contributed by atoms with van der Waals surface area (Å²) < 4.78 is 15.2. The van der Waals surface area contributed by atoms with E-state index in [1.165, 1.54) is 0 Å². The number of pyridine rings is 1. The van der Waals surface area contributed by atoms with Crippen LogP contribution in [0, 0.1) is 12.7 Å². The predicted octanol–water partition coefficient (Wildman–Crippen LogP) is 2.57. The third-order valence-corrected chi connectivity index (χ3v) is 6.08. The maximum Gasteiger partial charge on any atom is 0.270 e. The highest BCUT2D eigenvalue weighted by atomic mass is 19.1. The fourth-order valence-corrected chi connectivity index (χ4v) is 4.22. The molecule has 2 N–H and O–H groups in total. The van der Waals surface area contributed by atoms with Crippen molar-refractivity contribution in [3.8, 4) is 0 Å². The first-order chi connectivity index (χ1) is 15.8. The zero-order valence-electron chi connectivity index (χ0n) is 19.4. The molecule has 0 saturated carbocycles. The minimum atomic E-state index is -0.417. The van der Waals surface area contributed by atoms with Crippen LogP contribution in [0.5, 0.6) is 0 Å². The minimum Gasteiger partial charge on any atom is -0.368 e. The van der Waals surface area contributed by atoms with Crippen LogP contribution in [-0.4, -0.2) is 59.0 Å². The van der Waals surface area contributed by atoms with Gasteiger partial charge in [-0.3, -0.25) is 14.5 Å². The number of piperazine rings is 1. The van der Waals surface area contributed by atoms with E-state index in [0.29, 0.717) is 29.0 Å². The molecule has 0 radical (unpaired) electrons. The van der Waals surface area contributed by atoms with Crippen LogP contribution in [-0.2, 0) is 6.54 Å². The number of nitrogens with one attached hydrogen (secondary N) is 2. The zero-order chi connectivity index (χ0) is 23.7. The Balaban J connectivity index is 1.46. The van der Waals surface area contributed by atoms with E-state index in [9.17, 15) is 9.59 Å². The average molecular weight is 453 g/mol. The third kappa shape index (κ3) is 4.59. The van der Waals surface area contributed by atoms with Crippen LogP contribution in [0.15, 0.2) is 29.1 Å². The van der Waals surface area contributed by atoms with Gasteiger partial charge in [-0.1, -0.05) is 19.9 Å². The summed E-state index contributed by atoms with van der Waals surface area (Å²) >= 11 is 0. The average Bonchev–Trinajstić information content (AvgIpc) is 2.81. The van der Waals surface area contributed by atoms with Gasteiger partial charge in [0.1, 0.15) is 16.9 Å². The lowest BCUT2D eigenvalue weighted by Gasteiger charge is -2.36. The second kappa shape index (κ2) is 9.27. The first-order valence-corrected chi connectivity index (χ1v) is 11.2. The van der Waals surface area contributed by atoms with Crippen molar-refractivity contribution in [2.75, 3.05) is 38.1 Å². The van der Waals surface area contributed by atoms with E-state index >= 15 is 4.39 Å². The summed E-state index contributed by atoms with van der Waals surface area (Å²) in [5.74, 6) is -0.653. The van der Waals surface area contributed by atoms with E-state index in [4.69, 9.17) is 0 Å². The number of amides is 1. The molecule has 1 aromatic carbocycles. The number of halogens is 1. The summed E-state index contributed by atoms with van der Waals surface area (Å²) in [5, 5.41) is 2.59. The van der Waals surface area contributed by atoms with Crippen molar-refractivity contribution in [2.24, 2.45) is 0 Å². The Kier molecular flexibility index (Phi) is 6.42. The number of hydrogen-bond acceptors (Lipinski definition) is 6. The molecule has 4 rings (SSSR count). The molecule has 174 valence electrons. The number of rotatable bonds is 5. The summed E-state index contributed by atoms with van der Waals surface area (Å²) in [4.78, 5) is 40.0. The van der Waals surface area contributed by atoms with Crippen molar-refractivity contribution in [1.29, 1.82) is 0 Å². The first-order valence-electron chi connectivity index (χ1n) is 11.2. The molecule has 1 amide bonds. The second-order valence-corrected chi connectivity index (χ2v) is 8.68. The smallest absolute Gasteiger partial charge is 0.270 e. The lowest BCUT2D eigenvalue weighted by Crippen LogP contribution is -2.46. The molecule has 3 heterocycles. The number of aromatic amines is 1. The van der Waals surface area contributed by atoms with Gasteiger partial charge in [0, 0.05) is 51.3 Å². The maximum absolute atomic E-state index is 15.2. The molecule has 1 aliphatic rings. The Hall–Kier alpha value is -3.33. The van der Waals surface area contributed by atoms with Gasteiger partial charge in [-0.25, -0.2) is 14.4 Å². The molecular weight excluding hydrogens is 423 g/mol. The van der Waals surface area contributed by atoms with Gasteiger partial charge in [0.15, 0.2) is 5.82 Å². The van der Waals surface area contributed by atoms with E-state index < -0.39 is 5.82 Å². The highest BCUT2D eigenvalue weighted by molar-refractivity contribution is 5.92. The van der Waals surface area contributed by atoms with Crippen LogP contribution in [0.2, 0.25) is 0 Å². The van der Waals surface area contributed by atoms with Gasteiger partial charge in [0.05, 0.1) is 16.9 Å². The lowest BCUT2D eigenvalue weighted by molar-refractivity contribution is 0.0958. The number of aryl methyl sites for hydroxylation is 1. The molecule has 0 unspecified atom stereocenters. The quantitative estimate of drug-likeness (QED) is 0.618. The van der Waals surface area contributed by atoms with Crippen LogP contribution >= 0.6 is 0 Å². The van der Waals surface area contributed by atoms with Crippen molar-refractivity contribution in [1.82, 2.24) is 25.2 Å². The molecular formula is C24H29FN6O2. The number of carbonyl (C=O) groups excluding carboxylic acids is 1. The Morgan fingerprint density at radius 2 is 1.88 bits per heavy atom. The van der Waals surface area contributed by atoms with Crippen molar-refractivity contribution >= 4 is 22.6 Å². The molecule has 2 aromatic heterocycles. The molecule has 3 aromatic rings. The normalized spacial score (nSPS) is 14.8. The fraction of sp³-hybridized carbons (Fsp3) is 0.417. The standard InChI is InChI=1S/C24H29FN6O2/c1-14(2)21-24(33)29-22-17(28-21)6-5-16(20(22)25)13-30-9-11-31(12-10-30)19-8-7-18(23(32)26-4)27-15(19)3/h5-8,14H,9-13H2,1-4H3,(H,26,32)(H,29,33). The fourth-order valence-electron chi connectivity index (χ4n) is 4.22. The number of fused-ring (bicyclic) bond motifs is 1. The molecule has 1 fully saturated rings. The number of anilines is 1. The highest BCUT2D eigenvalue weighted by Crippen LogP contribution is 2.23. The number of carbonyl (C=O) groups is 1. The molecule has 9 heteroatoms. The van der Waals surface area contributed by atoms with Crippen LogP contribution in [0.25, 0.3) is 11.0 Å². The van der Waals surface area contributed by atoms with Gasteiger partial charge >= 0.3 is 0 Å². The van der Waals surface area contributed by atoms with Crippen LogP contribution in [0.4, 0.5) is 10.1 Å². The lowest BCUT2D eigenvalue weighted by atomic mass is 10.1. The number of aromatic nitrogens is 3. The van der Waals surface area contributed by atoms with Crippen molar-refractivity contribution in [3.05, 3.63) is 63.1 Å². The summed E-state index contributed by atoms with van der Waals surface area (Å²) in [7, 11) is 1.59. The van der Waals surface area contributed by atoms with Gasteiger partial charge in [0.25, 0.3) is 11.5 Å². The molecule has 0 spiro atoms. The molecule has 8 nitrogen and oxygen atoms in total. The predicted molar refractivity (Wildman–Crippen MR) is 126 cm³/mol. The molecule has 0 atom stereocenters. The molecule has 33 heavy (non-hydrogen) atoms. The summed E-state index contributed by atoms with van der Waals surface area (Å²) in [6.07, 6.45) is 0. The van der Waals surface area contributed by atoms with Crippen molar-refractivity contribution in [2.45, 2.75) is 33.2 Å². The molecule has 1 aliphatic heterocycles. The van der Waals surface area contributed by atoms with E-state index in [1.807, 2.05) is 26.8 Å². The van der Waals surface area contributed by atoms with Gasteiger partial charge in [0.2, 0.25) is 0 Å². The van der Waals surface area contributed by atoms with Crippen molar-refractivity contribution in [3.63, 3.8) is 0 Å². The Morgan fingerprint density at radius 3 is 2.52 bits per heavy atom. The summed E-state index contributed by atoms with van der Waals surface area (Å²) in [6, 6.07) is 7.19. The first kappa shape index (κ1) is 22.8. The SMILES string of the molecule is CNC(=O)c1ccc(N2CCN(Cc3ccc4nc(C(C)C)c(=O)[nH]c4c3F)CC2)c(C)n1. The Labute approximate surface area is 191 Å². The number of benzene rings is 1. The largest absolute Gasteiger partial charge is 0.368 e. The maximum atomic E-state index is 15.2. The van der Waals surface area contributed by atoms with Gasteiger partial charge in [-0.2, -0.15) is 0 Å². The van der Waals surface area contributed by atoms with Gasteiger partial charge in [-0.15, -0.1) is 0 Å². The van der Waals surface area contributed by atoms with E-state index in [2.05, 4.69) is 30.1 Å². The number of hydrogen-bond donors (Lipinski definition) is 2. The number of nitrogens with zero attached hydrogens (tertiary/aromatic N) is 4. The van der Waals surface area contributed by atoms with E-state index in [-0.39, 0.29) is 22.9 Å². The molecule has 1 saturated heterocycles. The Bertz CT molecular complexity index is 1250. The van der Waals surface area contributed by atoms with Crippen molar-refractivity contribution < 1.29 is 9.18 Å². The summed E-state index contributed by atoms with van der Waals surface area (Å²) in [5.41, 5.74) is 3.46. The van der Waals surface area contributed by atoms with Crippen LogP contribution in [0.1, 0.15) is 47.2 Å². The monoisotopic (exact) mass is 452 g/mol. The summed E-state index contributed by atoms with van der Waals surface area (Å²) in [6.45, 7) is 9.20. The van der Waals surface area contributed by atoms with Crippen LogP contribution in [0.3, 0.4) is 0 Å². The zero-order valence-corrected chi connectivity index (χ0v) is 19.4.